The minimum Gasteiger partial charge on any atom is -0.360 e. The Kier molecular flexibility index (Phi) is 4.54. The monoisotopic (exact) mass is 372 g/mol. The second-order valence-corrected chi connectivity index (χ2v) is 8.70. The van der Waals surface area contributed by atoms with Crippen LogP contribution in [0.5, 0.6) is 0 Å². The van der Waals surface area contributed by atoms with Gasteiger partial charge < -0.3 is 10.3 Å². The summed E-state index contributed by atoms with van der Waals surface area (Å²) in [4.78, 5) is 3.23. The Morgan fingerprint density at radius 1 is 1.15 bits per heavy atom. The number of aromatic nitrogens is 1. The SMILES string of the molecule is O=S(=O)(c1cccc(F)c1)c1c[nH]c2cccc(CCNC3CCC3)c12. The van der Waals surface area contributed by atoms with Gasteiger partial charge >= 0.3 is 0 Å². The maximum Gasteiger partial charge on any atom is 0.208 e. The fourth-order valence-electron chi connectivity index (χ4n) is 3.43. The molecule has 1 heterocycles. The summed E-state index contributed by atoms with van der Waals surface area (Å²) >= 11 is 0. The summed E-state index contributed by atoms with van der Waals surface area (Å²) in [5, 5.41) is 4.21. The van der Waals surface area contributed by atoms with Crippen molar-refractivity contribution in [3.63, 3.8) is 0 Å². The van der Waals surface area contributed by atoms with Crippen LogP contribution in [-0.2, 0) is 16.3 Å². The molecule has 2 N–H and O–H groups in total. The van der Waals surface area contributed by atoms with Gasteiger partial charge in [-0.05, 0) is 55.6 Å². The molecule has 0 radical (unpaired) electrons. The topological polar surface area (TPSA) is 62.0 Å². The van der Waals surface area contributed by atoms with Crippen molar-refractivity contribution in [1.82, 2.24) is 10.3 Å². The van der Waals surface area contributed by atoms with Gasteiger partial charge in [-0.2, -0.15) is 0 Å². The number of benzene rings is 2. The van der Waals surface area contributed by atoms with E-state index >= 15 is 0 Å². The highest BCUT2D eigenvalue weighted by atomic mass is 32.2. The van der Waals surface area contributed by atoms with Crippen LogP contribution in [0.4, 0.5) is 4.39 Å². The zero-order chi connectivity index (χ0) is 18.1. The van der Waals surface area contributed by atoms with E-state index in [4.69, 9.17) is 0 Å². The highest BCUT2D eigenvalue weighted by molar-refractivity contribution is 7.91. The van der Waals surface area contributed by atoms with Crippen molar-refractivity contribution >= 4 is 20.7 Å². The first-order valence-electron chi connectivity index (χ1n) is 8.89. The smallest absolute Gasteiger partial charge is 0.208 e. The van der Waals surface area contributed by atoms with Crippen LogP contribution in [0.3, 0.4) is 0 Å². The lowest BCUT2D eigenvalue weighted by Gasteiger charge is -2.26. The average molecular weight is 372 g/mol. The number of hydrogen-bond donors (Lipinski definition) is 2. The van der Waals surface area contributed by atoms with Gasteiger partial charge in [-0.25, -0.2) is 12.8 Å². The number of halogens is 1. The first kappa shape index (κ1) is 17.2. The number of fused-ring (bicyclic) bond motifs is 1. The van der Waals surface area contributed by atoms with E-state index in [9.17, 15) is 12.8 Å². The number of nitrogens with one attached hydrogen (secondary N) is 2. The van der Waals surface area contributed by atoms with Crippen LogP contribution in [0.25, 0.3) is 10.9 Å². The molecular weight excluding hydrogens is 351 g/mol. The van der Waals surface area contributed by atoms with E-state index < -0.39 is 15.7 Å². The van der Waals surface area contributed by atoms with E-state index in [1.54, 1.807) is 0 Å². The first-order chi connectivity index (χ1) is 12.6. The maximum atomic E-state index is 13.5. The lowest BCUT2D eigenvalue weighted by Crippen LogP contribution is -2.36. The Bertz CT molecular complexity index is 1040. The van der Waals surface area contributed by atoms with Crippen molar-refractivity contribution in [2.45, 2.75) is 41.5 Å². The molecule has 0 saturated heterocycles. The molecule has 0 atom stereocenters. The van der Waals surface area contributed by atoms with Crippen LogP contribution in [-0.4, -0.2) is 26.0 Å². The fraction of sp³-hybridized carbons (Fsp3) is 0.300. The van der Waals surface area contributed by atoms with E-state index in [1.807, 2.05) is 18.2 Å². The molecule has 6 heteroatoms. The highest BCUT2D eigenvalue weighted by Gasteiger charge is 2.24. The lowest BCUT2D eigenvalue weighted by molar-refractivity contribution is 0.342. The van der Waals surface area contributed by atoms with Crippen molar-refractivity contribution in [2.24, 2.45) is 0 Å². The summed E-state index contributed by atoms with van der Waals surface area (Å²) in [5.41, 5.74) is 1.76. The van der Waals surface area contributed by atoms with Crippen molar-refractivity contribution in [3.05, 3.63) is 60.0 Å². The van der Waals surface area contributed by atoms with Crippen LogP contribution < -0.4 is 5.32 Å². The quantitative estimate of drug-likeness (QED) is 0.691. The molecule has 0 bridgehead atoms. The molecule has 4 nitrogen and oxygen atoms in total. The first-order valence-corrected chi connectivity index (χ1v) is 10.4. The van der Waals surface area contributed by atoms with Gasteiger partial charge in [0.05, 0.1) is 9.79 Å². The molecule has 0 aliphatic heterocycles. The van der Waals surface area contributed by atoms with Crippen molar-refractivity contribution in [3.8, 4) is 0 Å². The van der Waals surface area contributed by atoms with E-state index in [2.05, 4.69) is 10.3 Å². The Labute approximate surface area is 152 Å². The second kappa shape index (κ2) is 6.85. The molecule has 3 aromatic rings. The highest BCUT2D eigenvalue weighted by Crippen LogP contribution is 2.31. The Balaban J connectivity index is 1.71. The van der Waals surface area contributed by atoms with Crippen molar-refractivity contribution < 1.29 is 12.8 Å². The van der Waals surface area contributed by atoms with Crippen molar-refractivity contribution in [1.29, 1.82) is 0 Å². The summed E-state index contributed by atoms with van der Waals surface area (Å²) in [7, 11) is -3.79. The zero-order valence-electron chi connectivity index (χ0n) is 14.3. The van der Waals surface area contributed by atoms with Crippen LogP contribution in [0, 0.1) is 5.82 Å². The number of aromatic amines is 1. The summed E-state index contributed by atoms with van der Waals surface area (Å²) in [6.07, 6.45) is 5.97. The molecule has 1 aromatic heterocycles. The molecule has 1 aliphatic rings. The minimum absolute atomic E-state index is 0.0270. The molecule has 26 heavy (non-hydrogen) atoms. The van der Waals surface area contributed by atoms with Crippen LogP contribution in [0.15, 0.2) is 58.5 Å². The Hall–Kier alpha value is -2.18. The van der Waals surface area contributed by atoms with Crippen LogP contribution in [0.2, 0.25) is 0 Å². The lowest BCUT2D eigenvalue weighted by atomic mass is 9.93. The Morgan fingerprint density at radius 3 is 2.69 bits per heavy atom. The molecule has 0 spiro atoms. The molecule has 2 aromatic carbocycles. The Morgan fingerprint density at radius 2 is 1.96 bits per heavy atom. The number of sulfone groups is 1. The molecule has 0 unspecified atom stereocenters. The van der Waals surface area contributed by atoms with E-state index in [0.29, 0.717) is 11.4 Å². The fourth-order valence-corrected chi connectivity index (χ4v) is 4.93. The van der Waals surface area contributed by atoms with Crippen molar-refractivity contribution in [2.75, 3.05) is 6.54 Å². The molecular formula is C20H21FN2O2S. The third kappa shape index (κ3) is 3.15. The van der Waals surface area contributed by atoms with E-state index in [-0.39, 0.29) is 9.79 Å². The summed E-state index contributed by atoms with van der Waals surface area (Å²) < 4.78 is 39.6. The normalized spacial score (nSPS) is 15.3. The maximum absolute atomic E-state index is 13.5. The summed E-state index contributed by atoms with van der Waals surface area (Å²) in [6.45, 7) is 0.814. The molecule has 1 fully saturated rings. The molecule has 136 valence electrons. The van der Waals surface area contributed by atoms with Crippen LogP contribution in [0.1, 0.15) is 24.8 Å². The minimum atomic E-state index is -3.79. The van der Waals surface area contributed by atoms with Gasteiger partial charge in [-0.3, -0.25) is 0 Å². The number of hydrogen-bond acceptors (Lipinski definition) is 3. The number of rotatable bonds is 6. The number of H-pyrrole nitrogens is 1. The summed E-state index contributed by atoms with van der Waals surface area (Å²) in [6, 6.07) is 11.5. The van der Waals surface area contributed by atoms with Gasteiger partial charge in [0, 0.05) is 23.1 Å². The third-order valence-electron chi connectivity index (χ3n) is 5.08. The van der Waals surface area contributed by atoms with E-state index in [1.165, 1.54) is 43.7 Å². The zero-order valence-corrected chi connectivity index (χ0v) is 15.2. The predicted octanol–water partition coefficient (Wildman–Crippen LogP) is 3.82. The van der Waals surface area contributed by atoms with Crippen LogP contribution >= 0.6 is 0 Å². The summed E-state index contributed by atoms with van der Waals surface area (Å²) in [5.74, 6) is -0.559. The van der Waals surface area contributed by atoms with Gasteiger partial charge in [-0.1, -0.05) is 24.6 Å². The van der Waals surface area contributed by atoms with Gasteiger partial charge in [-0.15, -0.1) is 0 Å². The third-order valence-corrected chi connectivity index (χ3v) is 6.86. The molecule has 0 amide bonds. The largest absolute Gasteiger partial charge is 0.360 e. The average Bonchev–Trinajstić information content (AvgIpc) is 3.03. The van der Waals surface area contributed by atoms with Gasteiger partial charge in [0.15, 0.2) is 0 Å². The molecule has 4 rings (SSSR count). The standard InChI is InChI=1S/C20H21FN2O2S/c21-15-5-2-8-17(12-15)26(24,25)19-13-23-18-9-1-4-14(20(18)19)10-11-22-16-6-3-7-16/h1-2,4-5,8-9,12-13,16,22-23H,3,6-7,10-11H2. The van der Waals surface area contributed by atoms with Gasteiger partial charge in [0.25, 0.3) is 0 Å². The van der Waals surface area contributed by atoms with E-state index in [0.717, 1.165) is 30.1 Å². The molecule has 1 aliphatic carbocycles. The van der Waals surface area contributed by atoms with Gasteiger partial charge in [0.2, 0.25) is 9.84 Å². The van der Waals surface area contributed by atoms with Gasteiger partial charge in [0.1, 0.15) is 5.82 Å². The molecule has 1 saturated carbocycles. The predicted molar refractivity (Wildman–Crippen MR) is 99.5 cm³/mol. The second-order valence-electron chi connectivity index (χ2n) is 6.79.